The van der Waals surface area contributed by atoms with Crippen LogP contribution in [0.3, 0.4) is 0 Å². The molecule has 6 unspecified atom stereocenters. The van der Waals surface area contributed by atoms with Crippen LogP contribution >= 0.6 is 0 Å². The summed E-state index contributed by atoms with van der Waals surface area (Å²) >= 11 is 0. The lowest BCUT2D eigenvalue weighted by atomic mass is 9.58. The number of aliphatic hydroxyl groups excluding tert-OH is 2. The van der Waals surface area contributed by atoms with Gasteiger partial charge in [0.25, 0.3) is 0 Å². The number of anilines is 1. The maximum atomic E-state index is 11.0. The summed E-state index contributed by atoms with van der Waals surface area (Å²) in [7, 11) is 5.22. The van der Waals surface area contributed by atoms with E-state index in [0.717, 1.165) is 30.9 Å². The minimum absolute atomic E-state index is 0.00560. The molecule has 6 atom stereocenters. The molecule has 1 aromatic carbocycles. The van der Waals surface area contributed by atoms with Gasteiger partial charge in [-0.3, -0.25) is 4.90 Å². The van der Waals surface area contributed by atoms with Crippen LogP contribution in [0.4, 0.5) is 5.69 Å². The molecule has 1 saturated heterocycles. The largest absolute Gasteiger partial charge is 0.497 e. The van der Waals surface area contributed by atoms with Crippen molar-refractivity contribution in [3.8, 4) is 5.75 Å². The van der Waals surface area contributed by atoms with Crippen molar-refractivity contribution in [2.45, 2.75) is 63.8 Å². The van der Waals surface area contributed by atoms with Crippen molar-refractivity contribution in [3.05, 3.63) is 35.9 Å². The first kappa shape index (κ1) is 24.7. The Morgan fingerprint density at radius 3 is 2.37 bits per heavy atom. The number of benzene rings is 1. The van der Waals surface area contributed by atoms with E-state index in [9.17, 15) is 10.2 Å². The van der Waals surface area contributed by atoms with Gasteiger partial charge in [-0.1, -0.05) is 45.9 Å². The SMILES string of the molecule is CC.CC.CN.COc1ccc2c(c1)N(C)C1C(O)C(O)C3C=CCN4CCC21C34. The van der Waals surface area contributed by atoms with Crippen LogP contribution in [0.15, 0.2) is 30.4 Å². The quantitative estimate of drug-likeness (QED) is 0.607. The summed E-state index contributed by atoms with van der Waals surface area (Å²) in [5.74, 6) is 0.828. The molecule has 0 amide bonds. The number of fused-ring (bicyclic) bond motifs is 1. The first-order chi connectivity index (χ1) is 14.6. The van der Waals surface area contributed by atoms with Crippen LogP contribution in [-0.4, -0.2) is 73.7 Å². The molecule has 5 rings (SSSR count). The molecule has 2 fully saturated rings. The first-order valence-electron chi connectivity index (χ1n) is 11.4. The van der Waals surface area contributed by atoms with E-state index in [1.807, 2.05) is 40.8 Å². The highest BCUT2D eigenvalue weighted by atomic mass is 16.5. The summed E-state index contributed by atoms with van der Waals surface area (Å²) in [4.78, 5) is 4.66. The van der Waals surface area contributed by atoms with E-state index in [0.29, 0.717) is 0 Å². The standard InChI is InChI=1S/C19H24N2O3.2C2H6.CH5N/c1-20-14-10-11(24-2)5-6-13(14)19-7-9-21-8-3-4-12(17(19)21)15(22)16(23)18(19)20;3*1-2/h3-6,10,12,15-18,22-23H,7-9H2,1-2H3;2*1-2H3;2H2,1H3. The summed E-state index contributed by atoms with van der Waals surface area (Å²) in [6, 6.07) is 6.43. The summed E-state index contributed by atoms with van der Waals surface area (Å²) < 4.78 is 5.41. The maximum Gasteiger partial charge on any atom is 0.120 e. The van der Waals surface area contributed by atoms with Crippen molar-refractivity contribution in [2.75, 3.05) is 39.2 Å². The lowest BCUT2D eigenvalue weighted by molar-refractivity contribution is -0.0912. The molecular formula is C24H41N3O3. The zero-order valence-corrected chi connectivity index (χ0v) is 19.7. The van der Waals surface area contributed by atoms with Gasteiger partial charge in [-0.15, -0.1) is 0 Å². The number of hydrogen-bond donors (Lipinski definition) is 3. The summed E-state index contributed by atoms with van der Waals surface area (Å²) in [5, 5.41) is 21.8. The van der Waals surface area contributed by atoms with E-state index in [4.69, 9.17) is 4.74 Å². The second kappa shape index (κ2) is 10.1. The molecule has 30 heavy (non-hydrogen) atoms. The molecule has 1 aliphatic carbocycles. The number of nitrogens with zero attached hydrogens (tertiary/aromatic N) is 2. The molecule has 0 aromatic heterocycles. The Kier molecular flexibility index (Phi) is 8.34. The maximum absolute atomic E-state index is 11.0. The number of nitrogens with two attached hydrogens (primary N) is 1. The lowest BCUT2D eigenvalue weighted by Gasteiger charge is -2.54. The predicted molar refractivity (Wildman–Crippen MR) is 124 cm³/mol. The molecule has 4 aliphatic rings. The number of rotatable bonds is 1. The minimum atomic E-state index is -0.752. The lowest BCUT2D eigenvalue weighted by Crippen LogP contribution is -2.69. The fourth-order valence-corrected chi connectivity index (χ4v) is 6.04. The van der Waals surface area contributed by atoms with Gasteiger partial charge in [-0.25, -0.2) is 0 Å². The van der Waals surface area contributed by atoms with Gasteiger partial charge < -0.3 is 25.6 Å². The van der Waals surface area contributed by atoms with Gasteiger partial charge in [-0.2, -0.15) is 0 Å². The number of likely N-dealkylation sites (N-methyl/N-ethyl adjacent to an activating group) is 1. The van der Waals surface area contributed by atoms with Crippen molar-refractivity contribution in [2.24, 2.45) is 11.7 Å². The first-order valence-corrected chi connectivity index (χ1v) is 11.4. The average Bonchev–Trinajstić information content (AvgIpc) is 3.33. The van der Waals surface area contributed by atoms with Gasteiger partial charge in [0.15, 0.2) is 0 Å². The van der Waals surface area contributed by atoms with Gasteiger partial charge in [-0.05, 0) is 31.6 Å². The Bertz CT molecular complexity index is 726. The molecule has 3 heterocycles. The fourth-order valence-electron chi connectivity index (χ4n) is 6.04. The number of aliphatic hydroxyl groups is 2. The number of ether oxygens (including phenoxy) is 1. The highest BCUT2D eigenvalue weighted by Crippen LogP contribution is 2.60. The summed E-state index contributed by atoms with van der Waals surface area (Å²) in [5.41, 5.74) is 6.81. The van der Waals surface area contributed by atoms with Crippen LogP contribution in [0.5, 0.6) is 5.75 Å². The van der Waals surface area contributed by atoms with Gasteiger partial charge >= 0.3 is 0 Å². The van der Waals surface area contributed by atoms with Crippen LogP contribution in [0.1, 0.15) is 39.7 Å². The van der Waals surface area contributed by atoms with E-state index in [2.05, 4.69) is 39.8 Å². The molecule has 1 spiro atoms. The number of hydrogen-bond acceptors (Lipinski definition) is 6. The molecular weight excluding hydrogens is 378 g/mol. The second-order valence-corrected chi connectivity index (χ2v) is 7.66. The van der Waals surface area contributed by atoms with Crippen molar-refractivity contribution in [3.63, 3.8) is 0 Å². The van der Waals surface area contributed by atoms with E-state index in [1.54, 1.807) is 7.11 Å². The highest BCUT2D eigenvalue weighted by Gasteiger charge is 2.67. The van der Waals surface area contributed by atoms with E-state index >= 15 is 0 Å². The molecule has 0 bridgehead atoms. The third kappa shape index (κ3) is 3.34. The van der Waals surface area contributed by atoms with E-state index < -0.39 is 12.2 Å². The average molecular weight is 420 g/mol. The molecule has 6 nitrogen and oxygen atoms in total. The Hall–Kier alpha value is -1.60. The monoisotopic (exact) mass is 419 g/mol. The van der Waals surface area contributed by atoms with E-state index in [1.165, 1.54) is 12.6 Å². The van der Waals surface area contributed by atoms with Crippen LogP contribution in [0.2, 0.25) is 0 Å². The molecule has 6 heteroatoms. The normalized spacial score (nSPS) is 34.7. The van der Waals surface area contributed by atoms with E-state index in [-0.39, 0.29) is 23.4 Å². The molecule has 1 aromatic rings. The summed E-state index contributed by atoms with van der Waals surface area (Å²) in [6.45, 7) is 9.95. The molecule has 0 radical (unpaired) electrons. The van der Waals surface area contributed by atoms with Crippen LogP contribution < -0.4 is 15.4 Å². The molecule has 1 saturated carbocycles. The van der Waals surface area contributed by atoms with Crippen LogP contribution in [0.25, 0.3) is 0 Å². The third-order valence-electron chi connectivity index (χ3n) is 6.90. The van der Waals surface area contributed by atoms with Gasteiger partial charge in [0.05, 0.1) is 19.3 Å². The predicted octanol–water partition coefficient (Wildman–Crippen LogP) is 2.37. The van der Waals surface area contributed by atoms with Gasteiger partial charge in [0.2, 0.25) is 0 Å². The second-order valence-electron chi connectivity index (χ2n) is 7.66. The highest BCUT2D eigenvalue weighted by molar-refractivity contribution is 5.69. The van der Waals surface area contributed by atoms with Crippen LogP contribution in [0, 0.1) is 5.92 Å². The van der Waals surface area contributed by atoms with Crippen molar-refractivity contribution >= 4 is 5.69 Å². The van der Waals surface area contributed by atoms with Crippen molar-refractivity contribution in [1.82, 2.24) is 4.90 Å². The topological polar surface area (TPSA) is 82.2 Å². The molecule has 4 N–H and O–H groups in total. The Balaban J connectivity index is 0.000000493. The van der Waals surface area contributed by atoms with Gasteiger partial charge in [0, 0.05) is 42.7 Å². The Morgan fingerprint density at radius 2 is 1.73 bits per heavy atom. The van der Waals surface area contributed by atoms with Crippen molar-refractivity contribution < 1.29 is 14.9 Å². The zero-order chi connectivity index (χ0) is 22.6. The third-order valence-corrected chi connectivity index (χ3v) is 6.90. The van der Waals surface area contributed by atoms with Crippen LogP contribution in [-0.2, 0) is 5.41 Å². The Labute approximate surface area is 182 Å². The minimum Gasteiger partial charge on any atom is -0.497 e. The Morgan fingerprint density at radius 1 is 1.07 bits per heavy atom. The number of methoxy groups -OCH3 is 1. The smallest absolute Gasteiger partial charge is 0.120 e. The molecule has 3 aliphatic heterocycles. The van der Waals surface area contributed by atoms with Crippen molar-refractivity contribution in [1.29, 1.82) is 0 Å². The molecule has 170 valence electrons. The zero-order valence-electron chi connectivity index (χ0n) is 19.7. The summed E-state index contributed by atoms with van der Waals surface area (Å²) in [6.07, 6.45) is 3.82. The van der Waals surface area contributed by atoms with Gasteiger partial charge in [0.1, 0.15) is 11.9 Å². The fraction of sp³-hybridized carbons (Fsp3) is 0.667.